The second kappa shape index (κ2) is 6.21. The summed E-state index contributed by atoms with van der Waals surface area (Å²) in [4.78, 5) is 28.1. The highest BCUT2D eigenvalue weighted by Gasteiger charge is 2.18. The Bertz CT molecular complexity index is 697. The van der Waals surface area contributed by atoms with Gasteiger partial charge in [-0.3, -0.25) is 0 Å². The highest BCUT2D eigenvalue weighted by atomic mass is 16.5. The molecule has 6 heteroatoms. The predicted octanol–water partition coefficient (Wildman–Crippen LogP) is 2.17. The summed E-state index contributed by atoms with van der Waals surface area (Å²) in [5.74, 6) is -1.11. The molecule has 1 heterocycles. The van der Waals surface area contributed by atoms with Gasteiger partial charge in [0, 0.05) is 11.1 Å². The first-order valence-electron chi connectivity index (χ1n) is 6.61. The van der Waals surface area contributed by atoms with Crippen molar-refractivity contribution in [3.8, 4) is 0 Å². The van der Waals surface area contributed by atoms with Crippen LogP contribution in [0.2, 0.25) is 0 Å². The fourth-order valence-electron chi connectivity index (χ4n) is 1.93. The van der Waals surface area contributed by atoms with Gasteiger partial charge in [0.05, 0.1) is 24.3 Å². The van der Waals surface area contributed by atoms with E-state index in [1.165, 1.54) is 6.07 Å². The van der Waals surface area contributed by atoms with E-state index in [2.05, 4.69) is 4.98 Å². The van der Waals surface area contributed by atoms with E-state index >= 15 is 0 Å². The number of rotatable bonds is 4. The zero-order valence-electron chi connectivity index (χ0n) is 11.9. The first-order chi connectivity index (χ1) is 10.1. The SMILES string of the molecule is CCOC(=O)c1cc(C(=O)OCC)c2cc(N)ccc2n1. The third-order valence-electron chi connectivity index (χ3n) is 2.81. The van der Waals surface area contributed by atoms with Crippen LogP contribution >= 0.6 is 0 Å². The number of carbonyl (C=O) groups is 2. The molecule has 0 unspecified atom stereocenters. The molecule has 0 aliphatic carbocycles. The van der Waals surface area contributed by atoms with Crippen LogP contribution in [0.1, 0.15) is 34.7 Å². The Balaban J connectivity index is 2.63. The molecule has 2 N–H and O–H groups in total. The summed E-state index contributed by atoms with van der Waals surface area (Å²) >= 11 is 0. The highest BCUT2D eigenvalue weighted by Crippen LogP contribution is 2.22. The van der Waals surface area contributed by atoms with Crippen molar-refractivity contribution in [3.63, 3.8) is 0 Å². The monoisotopic (exact) mass is 288 g/mol. The minimum atomic E-state index is -0.582. The normalized spacial score (nSPS) is 10.4. The minimum absolute atomic E-state index is 0.0668. The number of nitrogen functional groups attached to an aromatic ring is 1. The van der Waals surface area contributed by atoms with Gasteiger partial charge in [0.15, 0.2) is 0 Å². The molecule has 0 radical (unpaired) electrons. The van der Waals surface area contributed by atoms with Crippen molar-refractivity contribution in [1.82, 2.24) is 4.98 Å². The van der Waals surface area contributed by atoms with Crippen molar-refractivity contribution in [3.05, 3.63) is 35.5 Å². The molecule has 0 aliphatic heterocycles. The number of hydrogen-bond acceptors (Lipinski definition) is 6. The Labute approximate surface area is 121 Å². The summed E-state index contributed by atoms with van der Waals surface area (Å²) in [5.41, 5.74) is 7.04. The number of anilines is 1. The Hall–Kier alpha value is -2.63. The molecule has 0 aliphatic rings. The summed E-state index contributed by atoms with van der Waals surface area (Å²) in [5, 5.41) is 0.543. The Kier molecular flexibility index (Phi) is 4.37. The van der Waals surface area contributed by atoms with Gasteiger partial charge in [0.25, 0.3) is 0 Å². The summed E-state index contributed by atoms with van der Waals surface area (Å²) in [6, 6.07) is 6.30. The molecular weight excluding hydrogens is 272 g/mol. The maximum atomic E-state index is 12.1. The van der Waals surface area contributed by atoms with Crippen molar-refractivity contribution in [1.29, 1.82) is 0 Å². The Morgan fingerprint density at radius 3 is 2.43 bits per heavy atom. The van der Waals surface area contributed by atoms with Crippen LogP contribution in [0.25, 0.3) is 10.9 Å². The molecule has 0 atom stereocenters. The second-order valence-electron chi connectivity index (χ2n) is 4.27. The maximum absolute atomic E-state index is 12.1. The molecular formula is C15H16N2O4. The summed E-state index contributed by atoms with van der Waals surface area (Å²) in [7, 11) is 0. The number of esters is 2. The summed E-state index contributed by atoms with van der Waals surface area (Å²) < 4.78 is 9.93. The lowest BCUT2D eigenvalue weighted by atomic mass is 10.1. The number of fused-ring (bicyclic) bond motifs is 1. The summed E-state index contributed by atoms with van der Waals surface area (Å²) in [6.07, 6.45) is 0. The van der Waals surface area contributed by atoms with Gasteiger partial charge in [0.1, 0.15) is 5.69 Å². The first kappa shape index (κ1) is 14.8. The van der Waals surface area contributed by atoms with E-state index < -0.39 is 11.9 Å². The van der Waals surface area contributed by atoms with E-state index in [-0.39, 0.29) is 24.5 Å². The van der Waals surface area contributed by atoms with Crippen LogP contribution in [0, 0.1) is 0 Å². The average Bonchev–Trinajstić information content (AvgIpc) is 2.46. The molecule has 0 bridgehead atoms. The molecule has 0 amide bonds. The average molecular weight is 288 g/mol. The quantitative estimate of drug-likeness (QED) is 0.684. The van der Waals surface area contributed by atoms with Crippen LogP contribution in [0.4, 0.5) is 5.69 Å². The largest absolute Gasteiger partial charge is 0.462 e. The van der Waals surface area contributed by atoms with Gasteiger partial charge in [-0.15, -0.1) is 0 Å². The smallest absolute Gasteiger partial charge is 0.356 e. The van der Waals surface area contributed by atoms with Crippen LogP contribution in [0.3, 0.4) is 0 Å². The zero-order valence-corrected chi connectivity index (χ0v) is 11.9. The fourth-order valence-corrected chi connectivity index (χ4v) is 1.93. The van der Waals surface area contributed by atoms with Crippen LogP contribution in [-0.4, -0.2) is 30.1 Å². The number of aromatic nitrogens is 1. The van der Waals surface area contributed by atoms with Crippen molar-refractivity contribution in [2.45, 2.75) is 13.8 Å². The third kappa shape index (κ3) is 3.10. The van der Waals surface area contributed by atoms with Crippen LogP contribution in [0.5, 0.6) is 0 Å². The van der Waals surface area contributed by atoms with Gasteiger partial charge in [-0.2, -0.15) is 0 Å². The molecule has 2 rings (SSSR count). The highest BCUT2D eigenvalue weighted by molar-refractivity contribution is 6.06. The predicted molar refractivity (Wildman–Crippen MR) is 78.1 cm³/mol. The third-order valence-corrected chi connectivity index (χ3v) is 2.81. The molecule has 0 fully saturated rings. The zero-order chi connectivity index (χ0) is 15.4. The molecule has 6 nitrogen and oxygen atoms in total. The van der Waals surface area contributed by atoms with Gasteiger partial charge >= 0.3 is 11.9 Å². The van der Waals surface area contributed by atoms with Crippen molar-refractivity contribution in [2.75, 3.05) is 18.9 Å². The number of carbonyl (C=O) groups excluding carboxylic acids is 2. The van der Waals surface area contributed by atoms with Crippen molar-refractivity contribution < 1.29 is 19.1 Å². The minimum Gasteiger partial charge on any atom is -0.462 e. The molecule has 21 heavy (non-hydrogen) atoms. The van der Waals surface area contributed by atoms with Crippen LogP contribution in [-0.2, 0) is 9.47 Å². The molecule has 0 saturated heterocycles. The van der Waals surface area contributed by atoms with Crippen molar-refractivity contribution in [2.24, 2.45) is 0 Å². The van der Waals surface area contributed by atoms with E-state index in [9.17, 15) is 9.59 Å². The van der Waals surface area contributed by atoms with Gasteiger partial charge in [-0.05, 0) is 38.1 Å². The molecule has 0 spiro atoms. The van der Waals surface area contributed by atoms with E-state index in [1.807, 2.05) is 0 Å². The molecule has 1 aromatic heterocycles. The fraction of sp³-hybridized carbons (Fsp3) is 0.267. The van der Waals surface area contributed by atoms with E-state index in [0.717, 1.165) is 0 Å². The molecule has 1 aromatic carbocycles. The number of nitrogens with two attached hydrogens (primary N) is 1. The van der Waals surface area contributed by atoms with Crippen LogP contribution < -0.4 is 5.73 Å². The number of benzene rings is 1. The lowest BCUT2D eigenvalue weighted by molar-refractivity contribution is 0.0519. The standard InChI is InChI=1S/C15H16N2O4/c1-3-20-14(18)11-8-13(15(19)21-4-2)17-12-6-5-9(16)7-10(11)12/h5-8H,3-4,16H2,1-2H3. The van der Waals surface area contributed by atoms with Crippen molar-refractivity contribution >= 4 is 28.5 Å². The number of nitrogens with zero attached hydrogens (tertiary/aromatic N) is 1. The van der Waals surface area contributed by atoms with E-state index in [1.54, 1.807) is 32.0 Å². The van der Waals surface area contributed by atoms with E-state index in [0.29, 0.717) is 16.6 Å². The van der Waals surface area contributed by atoms with Gasteiger partial charge in [-0.1, -0.05) is 0 Å². The van der Waals surface area contributed by atoms with Gasteiger partial charge in [0.2, 0.25) is 0 Å². The summed E-state index contributed by atoms with van der Waals surface area (Å²) in [6.45, 7) is 3.88. The lowest BCUT2D eigenvalue weighted by Gasteiger charge is -2.09. The topological polar surface area (TPSA) is 91.5 Å². The number of ether oxygens (including phenoxy) is 2. The number of pyridine rings is 1. The maximum Gasteiger partial charge on any atom is 0.356 e. The molecule has 0 saturated carbocycles. The second-order valence-corrected chi connectivity index (χ2v) is 4.27. The van der Waals surface area contributed by atoms with Gasteiger partial charge in [-0.25, -0.2) is 14.6 Å². The Morgan fingerprint density at radius 2 is 1.76 bits per heavy atom. The van der Waals surface area contributed by atoms with E-state index in [4.69, 9.17) is 15.2 Å². The Morgan fingerprint density at radius 1 is 1.10 bits per heavy atom. The van der Waals surface area contributed by atoms with Crippen LogP contribution in [0.15, 0.2) is 24.3 Å². The molecule has 110 valence electrons. The molecule has 2 aromatic rings. The lowest BCUT2D eigenvalue weighted by Crippen LogP contribution is -2.12. The van der Waals surface area contributed by atoms with Gasteiger partial charge < -0.3 is 15.2 Å². The number of hydrogen-bond donors (Lipinski definition) is 1. The first-order valence-corrected chi connectivity index (χ1v) is 6.61.